The van der Waals surface area contributed by atoms with Gasteiger partial charge in [0, 0.05) is 12.0 Å². The Balaban J connectivity index is 1.96. The summed E-state index contributed by atoms with van der Waals surface area (Å²) in [5, 5.41) is 3.15. The number of carbonyl (C=O) groups excluding carboxylic acids is 1. The molecule has 0 spiro atoms. The number of benzene rings is 1. The third kappa shape index (κ3) is 4.33. The largest absolute Gasteiger partial charge is 0.349 e. The highest BCUT2D eigenvalue weighted by molar-refractivity contribution is 5.79. The number of carbonyl (C=O) groups is 1. The summed E-state index contributed by atoms with van der Waals surface area (Å²) in [6, 6.07) is 8.80. The van der Waals surface area contributed by atoms with Crippen LogP contribution in [-0.4, -0.2) is 11.9 Å². The van der Waals surface area contributed by atoms with E-state index in [0.717, 1.165) is 31.2 Å². The third-order valence-electron chi connectivity index (χ3n) is 4.72. The molecule has 0 saturated heterocycles. The molecule has 1 fully saturated rings. The number of rotatable bonds is 3. The second-order valence-corrected chi connectivity index (χ2v) is 7.73. The SMILES string of the molecule is CC(NC(=O)C1CCCC(N)C1)c1ccc(C(C)(C)C)cc1. The van der Waals surface area contributed by atoms with Crippen LogP contribution in [0.3, 0.4) is 0 Å². The van der Waals surface area contributed by atoms with Crippen molar-refractivity contribution in [3.63, 3.8) is 0 Å². The average Bonchev–Trinajstić information content (AvgIpc) is 2.46. The maximum Gasteiger partial charge on any atom is 0.223 e. The number of hydrogen-bond donors (Lipinski definition) is 2. The molecule has 3 unspecified atom stereocenters. The zero-order chi connectivity index (χ0) is 16.3. The average molecular weight is 302 g/mol. The Bertz CT molecular complexity index is 501. The molecule has 1 aliphatic carbocycles. The molecule has 3 nitrogen and oxygen atoms in total. The number of amides is 1. The minimum absolute atomic E-state index is 0.0414. The normalized spacial score (nSPS) is 23.9. The zero-order valence-corrected chi connectivity index (χ0v) is 14.4. The molecule has 122 valence electrons. The topological polar surface area (TPSA) is 55.1 Å². The molecule has 0 radical (unpaired) electrons. The molecule has 3 atom stereocenters. The van der Waals surface area contributed by atoms with E-state index in [-0.39, 0.29) is 29.3 Å². The zero-order valence-electron chi connectivity index (χ0n) is 14.4. The summed E-state index contributed by atoms with van der Waals surface area (Å²) in [6.07, 6.45) is 3.90. The van der Waals surface area contributed by atoms with Crippen LogP contribution in [0.25, 0.3) is 0 Å². The summed E-state index contributed by atoms with van der Waals surface area (Å²) in [5.41, 5.74) is 8.61. The van der Waals surface area contributed by atoms with Gasteiger partial charge in [0.1, 0.15) is 0 Å². The first-order chi connectivity index (χ1) is 10.3. The van der Waals surface area contributed by atoms with Crippen molar-refractivity contribution in [3.8, 4) is 0 Å². The van der Waals surface area contributed by atoms with Gasteiger partial charge in [0.2, 0.25) is 5.91 Å². The van der Waals surface area contributed by atoms with E-state index in [1.807, 2.05) is 6.92 Å². The van der Waals surface area contributed by atoms with Gasteiger partial charge in [-0.05, 0) is 42.7 Å². The predicted molar refractivity (Wildman–Crippen MR) is 91.6 cm³/mol. The highest BCUT2D eigenvalue weighted by Gasteiger charge is 2.26. The van der Waals surface area contributed by atoms with Crippen LogP contribution in [0.4, 0.5) is 0 Å². The lowest BCUT2D eigenvalue weighted by atomic mass is 9.85. The number of hydrogen-bond acceptors (Lipinski definition) is 2. The van der Waals surface area contributed by atoms with E-state index >= 15 is 0 Å². The Labute approximate surface area is 134 Å². The van der Waals surface area contributed by atoms with Crippen LogP contribution in [0, 0.1) is 5.92 Å². The molecule has 0 heterocycles. The number of nitrogens with one attached hydrogen (secondary N) is 1. The van der Waals surface area contributed by atoms with E-state index in [0.29, 0.717) is 0 Å². The first-order valence-electron chi connectivity index (χ1n) is 8.44. The van der Waals surface area contributed by atoms with Crippen LogP contribution in [-0.2, 0) is 10.2 Å². The Morgan fingerprint density at radius 3 is 2.41 bits per heavy atom. The summed E-state index contributed by atoms with van der Waals surface area (Å²) in [7, 11) is 0. The lowest BCUT2D eigenvalue weighted by Gasteiger charge is -2.27. The van der Waals surface area contributed by atoms with Crippen LogP contribution in [0.5, 0.6) is 0 Å². The summed E-state index contributed by atoms with van der Waals surface area (Å²) in [4.78, 5) is 12.4. The van der Waals surface area contributed by atoms with Crippen molar-refractivity contribution in [2.75, 3.05) is 0 Å². The molecule has 22 heavy (non-hydrogen) atoms. The molecule has 1 saturated carbocycles. The molecule has 1 aromatic rings. The molecule has 1 amide bonds. The second-order valence-electron chi connectivity index (χ2n) is 7.73. The van der Waals surface area contributed by atoms with Crippen LogP contribution >= 0.6 is 0 Å². The molecule has 1 aliphatic rings. The van der Waals surface area contributed by atoms with E-state index in [2.05, 4.69) is 50.4 Å². The van der Waals surface area contributed by atoms with E-state index in [1.165, 1.54) is 5.56 Å². The molecule has 3 heteroatoms. The summed E-state index contributed by atoms with van der Waals surface area (Å²) < 4.78 is 0. The number of nitrogens with two attached hydrogens (primary N) is 1. The minimum atomic E-state index is 0.0414. The van der Waals surface area contributed by atoms with Crippen molar-refractivity contribution in [3.05, 3.63) is 35.4 Å². The van der Waals surface area contributed by atoms with Crippen molar-refractivity contribution < 1.29 is 4.79 Å². The second kappa shape index (κ2) is 6.82. The van der Waals surface area contributed by atoms with E-state index in [1.54, 1.807) is 0 Å². The van der Waals surface area contributed by atoms with Gasteiger partial charge in [-0.25, -0.2) is 0 Å². The van der Waals surface area contributed by atoms with Crippen LogP contribution in [0.1, 0.15) is 70.5 Å². The molecule has 0 aliphatic heterocycles. The van der Waals surface area contributed by atoms with Crippen molar-refractivity contribution in [2.24, 2.45) is 11.7 Å². The van der Waals surface area contributed by atoms with Gasteiger partial charge in [-0.1, -0.05) is 51.5 Å². The van der Waals surface area contributed by atoms with Crippen molar-refractivity contribution in [1.29, 1.82) is 0 Å². The standard InChI is InChI=1S/C19H30N2O/c1-13(14-8-10-16(11-9-14)19(2,3)4)21-18(22)15-6-5-7-17(20)12-15/h8-11,13,15,17H,5-7,12,20H2,1-4H3,(H,21,22). The smallest absolute Gasteiger partial charge is 0.223 e. The van der Waals surface area contributed by atoms with Gasteiger partial charge in [0.05, 0.1) is 6.04 Å². The van der Waals surface area contributed by atoms with Crippen LogP contribution < -0.4 is 11.1 Å². The van der Waals surface area contributed by atoms with Gasteiger partial charge < -0.3 is 11.1 Å². The molecule has 0 bridgehead atoms. The summed E-state index contributed by atoms with van der Waals surface area (Å²) in [6.45, 7) is 8.67. The predicted octanol–water partition coefficient (Wildman–Crippen LogP) is 3.68. The van der Waals surface area contributed by atoms with E-state index in [4.69, 9.17) is 5.73 Å². The molecule has 2 rings (SSSR count). The summed E-state index contributed by atoms with van der Waals surface area (Å²) >= 11 is 0. The highest BCUT2D eigenvalue weighted by Crippen LogP contribution is 2.26. The Morgan fingerprint density at radius 1 is 1.23 bits per heavy atom. The van der Waals surface area contributed by atoms with Gasteiger partial charge in [-0.15, -0.1) is 0 Å². The Kier molecular flexibility index (Phi) is 5.28. The molecular weight excluding hydrogens is 272 g/mol. The lowest BCUT2D eigenvalue weighted by molar-refractivity contribution is -0.126. The van der Waals surface area contributed by atoms with Crippen molar-refractivity contribution >= 4 is 5.91 Å². The van der Waals surface area contributed by atoms with Crippen LogP contribution in [0.2, 0.25) is 0 Å². The van der Waals surface area contributed by atoms with Gasteiger partial charge in [-0.3, -0.25) is 4.79 Å². The first-order valence-corrected chi connectivity index (χ1v) is 8.44. The fraction of sp³-hybridized carbons (Fsp3) is 0.632. The van der Waals surface area contributed by atoms with Crippen LogP contribution in [0.15, 0.2) is 24.3 Å². The Morgan fingerprint density at radius 2 is 1.86 bits per heavy atom. The van der Waals surface area contributed by atoms with Gasteiger partial charge in [0.25, 0.3) is 0 Å². The molecule has 3 N–H and O–H groups in total. The quantitative estimate of drug-likeness (QED) is 0.895. The van der Waals surface area contributed by atoms with Gasteiger partial charge >= 0.3 is 0 Å². The van der Waals surface area contributed by atoms with Gasteiger partial charge in [0.15, 0.2) is 0 Å². The van der Waals surface area contributed by atoms with E-state index in [9.17, 15) is 4.79 Å². The monoisotopic (exact) mass is 302 g/mol. The molecule has 0 aromatic heterocycles. The third-order valence-corrected chi connectivity index (χ3v) is 4.72. The molecular formula is C19H30N2O. The van der Waals surface area contributed by atoms with Crippen molar-refractivity contribution in [1.82, 2.24) is 5.32 Å². The first kappa shape index (κ1) is 17.0. The minimum Gasteiger partial charge on any atom is -0.349 e. The molecule has 1 aromatic carbocycles. The Hall–Kier alpha value is -1.35. The van der Waals surface area contributed by atoms with Gasteiger partial charge in [-0.2, -0.15) is 0 Å². The highest BCUT2D eigenvalue weighted by atomic mass is 16.1. The maximum atomic E-state index is 12.4. The van der Waals surface area contributed by atoms with E-state index < -0.39 is 0 Å². The summed E-state index contributed by atoms with van der Waals surface area (Å²) in [5.74, 6) is 0.239. The van der Waals surface area contributed by atoms with Crippen molar-refractivity contribution in [2.45, 2.75) is 70.9 Å². The fourth-order valence-corrected chi connectivity index (χ4v) is 3.15. The lowest BCUT2D eigenvalue weighted by Crippen LogP contribution is -2.38. The fourth-order valence-electron chi connectivity index (χ4n) is 3.15. The maximum absolute atomic E-state index is 12.4.